The number of rotatable bonds is 7. The van der Waals surface area contributed by atoms with Crippen molar-refractivity contribution in [3.63, 3.8) is 0 Å². The van der Waals surface area contributed by atoms with Crippen molar-refractivity contribution in [2.75, 3.05) is 13.1 Å². The molecule has 0 heterocycles. The molecule has 3 N–H and O–H groups in total. The molecule has 1 aliphatic rings. The molecular weight excluding hydrogens is 278 g/mol. The highest BCUT2D eigenvalue weighted by molar-refractivity contribution is 7.87. The average molecular weight is 305 g/mol. The average Bonchev–Trinajstić information content (AvgIpc) is 2.61. The quantitative estimate of drug-likeness (QED) is 0.482. The molecule has 1 saturated carbocycles. The lowest BCUT2D eigenvalue weighted by Crippen LogP contribution is -2.44. The van der Waals surface area contributed by atoms with Crippen molar-refractivity contribution >= 4 is 16.1 Å². The molecule has 118 valence electrons. The fraction of sp³-hybridized carbons (Fsp3) is 0.923. The Labute approximate surface area is 122 Å². The van der Waals surface area contributed by atoms with E-state index in [9.17, 15) is 13.2 Å². The van der Waals surface area contributed by atoms with Crippen LogP contribution >= 0.6 is 0 Å². The van der Waals surface area contributed by atoms with E-state index in [2.05, 4.69) is 14.8 Å². The van der Waals surface area contributed by atoms with Gasteiger partial charge in [0.1, 0.15) is 0 Å². The van der Waals surface area contributed by atoms with Gasteiger partial charge in [0.2, 0.25) is 5.91 Å². The Morgan fingerprint density at radius 2 is 1.70 bits per heavy atom. The third-order valence-corrected chi connectivity index (χ3v) is 4.70. The van der Waals surface area contributed by atoms with Gasteiger partial charge in [0.15, 0.2) is 0 Å². The van der Waals surface area contributed by atoms with Gasteiger partial charge in [0.25, 0.3) is 10.2 Å². The van der Waals surface area contributed by atoms with Crippen LogP contribution < -0.4 is 14.8 Å². The Morgan fingerprint density at radius 1 is 1.10 bits per heavy atom. The summed E-state index contributed by atoms with van der Waals surface area (Å²) in [6, 6.07) is -0.145. The smallest absolute Gasteiger partial charge is 0.277 e. The Bertz CT molecular complexity index is 388. The summed E-state index contributed by atoms with van der Waals surface area (Å²) in [5.41, 5.74) is 0. The first-order valence-electron chi connectivity index (χ1n) is 7.45. The number of carbonyl (C=O) groups is 1. The van der Waals surface area contributed by atoms with Crippen LogP contribution in [0.2, 0.25) is 0 Å². The van der Waals surface area contributed by atoms with Gasteiger partial charge in [-0.25, -0.2) is 4.72 Å². The Balaban J connectivity index is 2.21. The minimum Gasteiger partial charge on any atom is -0.355 e. The molecule has 0 unspecified atom stereocenters. The first kappa shape index (κ1) is 17.4. The standard InChI is InChI=1S/C13H27N3O3S/c1-11(2)16-20(18,19)15-10-9-14-13(17)12-7-5-3-4-6-8-12/h11-12,15-16H,3-10H2,1-2H3,(H,14,17). The fourth-order valence-electron chi connectivity index (χ4n) is 2.41. The van der Waals surface area contributed by atoms with Gasteiger partial charge in [-0.15, -0.1) is 0 Å². The lowest BCUT2D eigenvalue weighted by Gasteiger charge is -2.15. The molecule has 1 aliphatic carbocycles. The Hall–Kier alpha value is -0.660. The fourth-order valence-corrected chi connectivity index (χ4v) is 3.48. The Morgan fingerprint density at radius 3 is 2.25 bits per heavy atom. The van der Waals surface area contributed by atoms with E-state index in [0.717, 1.165) is 25.7 Å². The second kappa shape index (κ2) is 8.59. The van der Waals surface area contributed by atoms with Crippen molar-refractivity contribution < 1.29 is 13.2 Å². The molecule has 0 aromatic rings. The van der Waals surface area contributed by atoms with Gasteiger partial charge in [-0.05, 0) is 26.7 Å². The van der Waals surface area contributed by atoms with Crippen LogP contribution in [0, 0.1) is 5.92 Å². The predicted octanol–water partition coefficient (Wildman–Crippen LogP) is 0.905. The summed E-state index contributed by atoms with van der Waals surface area (Å²) < 4.78 is 27.8. The highest BCUT2D eigenvalue weighted by atomic mass is 32.2. The van der Waals surface area contributed by atoms with Crippen molar-refractivity contribution in [1.29, 1.82) is 0 Å². The van der Waals surface area contributed by atoms with Crippen LogP contribution in [-0.4, -0.2) is 33.5 Å². The van der Waals surface area contributed by atoms with Crippen molar-refractivity contribution in [2.45, 2.75) is 58.4 Å². The number of nitrogens with one attached hydrogen (secondary N) is 3. The van der Waals surface area contributed by atoms with Gasteiger partial charge in [-0.2, -0.15) is 13.1 Å². The van der Waals surface area contributed by atoms with Gasteiger partial charge in [-0.3, -0.25) is 4.79 Å². The van der Waals surface area contributed by atoms with Crippen LogP contribution in [0.4, 0.5) is 0 Å². The maximum absolute atomic E-state index is 11.9. The van der Waals surface area contributed by atoms with E-state index in [1.54, 1.807) is 13.8 Å². The molecule has 6 nitrogen and oxygen atoms in total. The largest absolute Gasteiger partial charge is 0.355 e. The van der Waals surface area contributed by atoms with E-state index in [1.807, 2.05) is 0 Å². The predicted molar refractivity (Wildman–Crippen MR) is 79.4 cm³/mol. The van der Waals surface area contributed by atoms with E-state index in [-0.39, 0.29) is 24.4 Å². The maximum Gasteiger partial charge on any atom is 0.277 e. The molecule has 0 saturated heterocycles. The summed E-state index contributed by atoms with van der Waals surface area (Å²) in [5, 5.41) is 2.81. The molecule has 1 fully saturated rings. The summed E-state index contributed by atoms with van der Waals surface area (Å²) >= 11 is 0. The van der Waals surface area contributed by atoms with E-state index < -0.39 is 10.2 Å². The van der Waals surface area contributed by atoms with Crippen LogP contribution in [-0.2, 0) is 15.0 Å². The highest BCUT2D eigenvalue weighted by Gasteiger charge is 2.19. The summed E-state index contributed by atoms with van der Waals surface area (Å²) in [5.74, 6) is 0.158. The molecule has 0 radical (unpaired) electrons. The summed E-state index contributed by atoms with van der Waals surface area (Å²) in [4.78, 5) is 11.9. The lowest BCUT2D eigenvalue weighted by molar-refractivity contribution is -0.125. The second-order valence-corrected chi connectivity index (χ2v) is 7.18. The summed E-state index contributed by atoms with van der Waals surface area (Å²) in [7, 11) is -3.46. The second-order valence-electron chi connectivity index (χ2n) is 5.65. The number of hydrogen-bond acceptors (Lipinski definition) is 3. The van der Waals surface area contributed by atoms with Gasteiger partial charge in [0, 0.05) is 25.0 Å². The van der Waals surface area contributed by atoms with Gasteiger partial charge in [-0.1, -0.05) is 25.7 Å². The minimum absolute atomic E-state index is 0.0583. The third kappa shape index (κ3) is 7.21. The van der Waals surface area contributed by atoms with Crippen LogP contribution in [0.3, 0.4) is 0 Å². The molecule has 20 heavy (non-hydrogen) atoms. The molecule has 1 rings (SSSR count). The van der Waals surface area contributed by atoms with Crippen molar-refractivity contribution in [3.8, 4) is 0 Å². The first-order valence-corrected chi connectivity index (χ1v) is 8.93. The van der Waals surface area contributed by atoms with Crippen molar-refractivity contribution in [3.05, 3.63) is 0 Å². The highest BCUT2D eigenvalue weighted by Crippen LogP contribution is 2.22. The van der Waals surface area contributed by atoms with Gasteiger partial charge in [0.05, 0.1) is 0 Å². The van der Waals surface area contributed by atoms with E-state index in [0.29, 0.717) is 6.54 Å². The minimum atomic E-state index is -3.46. The van der Waals surface area contributed by atoms with Gasteiger partial charge < -0.3 is 5.32 Å². The van der Waals surface area contributed by atoms with E-state index in [1.165, 1.54) is 12.8 Å². The van der Waals surface area contributed by atoms with E-state index >= 15 is 0 Å². The lowest BCUT2D eigenvalue weighted by atomic mass is 10.00. The van der Waals surface area contributed by atoms with Crippen LogP contribution in [0.5, 0.6) is 0 Å². The topological polar surface area (TPSA) is 87.3 Å². The van der Waals surface area contributed by atoms with Crippen LogP contribution in [0.25, 0.3) is 0 Å². The normalized spacial score (nSPS) is 17.9. The summed E-state index contributed by atoms with van der Waals surface area (Å²) in [6.07, 6.45) is 6.56. The summed E-state index contributed by atoms with van der Waals surface area (Å²) in [6.45, 7) is 4.05. The number of carbonyl (C=O) groups excluding carboxylic acids is 1. The molecule has 0 aromatic heterocycles. The molecular formula is C13H27N3O3S. The Kier molecular flexibility index (Phi) is 7.47. The zero-order valence-corrected chi connectivity index (χ0v) is 13.3. The zero-order valence-electron chi connectivity index (χ0n) is 12.4. The molecule has 1 amide bonds. The van der Waals surface area contributed by atoms with Crippen molar-refractivity contribution in [1.82, 2.24) is 14.8 Å². The van der Waals surface area contributed by atoms with Crippen LogP contribution in [0.15, 0.2) is 0 Å². The zero-order chi connectivity index (χ0) is 15.0. The number of amides is 1. The SMILES string of the molecule is CC(C)NS(=O)(=O)NCCNC(=O)C1CCCCCC1. The first-order chi connectivity index (χ1) is 9.41. The molecule has 0 aliphatic heterocycles. The molecule has 0 aromatic carbocycles. The molecule has 0 spiro atoms. The third-order valence-electron chi connectivity index (χ3n) is 3.33. The maximum atomic E-state index is 11.9. The van der Waals surface area contributed by atoms with Crippen LogP contribution in [0.1, 0.15) is 52.4 Å². The van der Waals surface area contributed by atoms with E-state index in [4.69, 9.17) is 0 Å². The molecule has 0 bridgehead atoms. The molecule has 7 heteroatoms. The number of hydrogen-bond donors (Lipinski definition) is 3. The van der Waals surface area contributed by atoms with Crippen molar-refractivity contribution in [2.24, 2.45) is 5.92 Å². The molecule has 0 atom stereocenters. The monoisotopic (exact) mass is 305 g/mol. The van der Waals surface area contributed by atoms with Gasteiger partial charge >= 0.3 is 0 Å².